The predicted octanol–water partition coefficient (Wildman–Crippen LogP) is 2.92. The molecule has 0 bridgehead atoms. The molecule has 1 saturated heterocycles. The summed E-state index contributed by atoms with van der Waals surface area (Å²) >= 11 is 5.86. The third-order valence-corrected chi connectivity index (χ3v) is 5.24. The first-order chi connectivity index (χ1) is 14.0. The van der Waals surface area contributed by atoms with Crippen LogP contribution in [0, 0.1) is 0 Å². The standard InChI is InChI=1S/C21H17ClN2O5/c22-14-4-6-15(7-5-14)24-19(26)16-8-3-13(11-17(16)20(24)27)21(28)29-12-18(25)23-9-1-2-10-23/h3-8,11H,1-2,9-10,12H2. The zero-order valence-electron chi connectivity index (χ0n) is 15.4. The lowest BCUT2D eigenvalue weighted by atomic mass is 10.1. The summed E-state index contributed by atoms with van der Waals surface area (Å²) in [6.07, 6.45) is 1.90. The van der Waals surface area contributed by atoms with Crippen molar-refractivity contribution in [3.05, 3.63) is 64.2 Å². The van der Waals surface area contributed by atoms with Crippen molar-refractivity contribution in [3.8, 4) is 0 Å². The Labute approximate surface area is 171 Å². The molecule has 1 fully saturated rings. The van der Waals surface area contributed by atoms with E-state index in [9.17, 15) is 19.2 Å². The minimum Gasteiger partial charge on any atom is -0.452 e. The number of likely N-dealkylation sites (tertiary alicyclic amines) is 1. The SMILES string of the molecule is O=C(OCC(=O)N1CCCC1)c1ccc2c(c1)C(=O)N(c1ccc(Cl)cc1)C2=O. The summed E-state index contributed by atoms with van der Waals surface area (Å²) in [5, 5.41) is 0.485. The molecule has 0 atom stereocenters. The van der Waals surface area contributed by atoms with Crippen LogP contribution in [0.15, 0.2) is 42.5 Å². The number of benzene rings is 2. The molecular formula is C21H17ClN2O5. The number of esters is 1. The van der Waals surface area contributed by atoms with Gasteiger partial charge in [0.1, 0.15) is 0 Å². The molecule has 8 heteroatoms. The minimum absolute atomic E-state index is 0.108. The summed E-state index contributed by atoms with van der Waals surface area (Å²) in [5.74, 6) is -1.96. The second kappa shape index (κ2) is 7.67. The summed E-state index contributed by atoms with van der Waals surface area (Å²) in [6, 6.07) is 10.5. The molecule has 0 aliphatic carbocycles. The van der Waals surface area contributed by atoms with Gasteiger partial charge in [-0.3, -0.25) is 14.4 Å². The van der Waals surface area contributed by atoms with Gasteiger partial charge in [0.2, 0.25) is 0 Å². The van der Waals surface area contributed by atoms with Crippen LogP contribution in [-0.4, -0.2) is 48.3 Å². The lowest BCUT2D eigenvalue weighted by Crippen LogP contribution is -2.32. The second-order valence-electron chi connectivity index (χ2n) is 6.85. The van der Waals surface area contributed by atoms with Gasteiger partial charge in [0.15, 0.2) is 6.61 Å². The van der Waals surface area contributed by atoms with Gasteiger partial charge in [-0.05, 0) is 55.3 Å². The fourth-order valence-corrected chi connectivity index (χ4v) is 3.59. The van der Waals surface area contributed by atoms with Crippen molar-refractivity contribution in [2.75, 3.05) is 24.6 Å². The van der Waals surface area contributed by atoms with Gasteiger partial charge in [0, 0.05) is 18.1 Å². The quantitative estimate of drug-likeness (QED) is 0.569. The van der Waals surface area contributed by atoms with Crippen LogP contribution in [0.2, 0.25) is 5.02 Å². The van der Waals surface area contributed by atoms with Crippen molar-refractivity contribution in [3.63, 3.8) is 0 Å². The number of hydrogen-bond acceptors (Lipinski definition) is 5. The fraction of sp³-hybridized carbons (Fsp3) is 0.238. The Hall–Kier alpha value is -3.19. The Morgan fingerprint density at radius 1 is 0.931 bits per heavy atom. The van der Waals surface area contributed by atoms with Crippen LogP contribution in [0.4, 0.5) is 5.69 Å². The third kappa shape index (κ3) is 3.61. The van der Waals surface area contributed by atoms with E-state index in [1.807, 2.05) is 0 Å². The number of fused-ring (bicyclic) bond motifs is 1. The average molecular weight is 413 g/mol. The molecule has 2 aromatic carbocycles. The molecule has 0 spiro atoms. The molecule has 2 aromatic rings. The van der Waals surface area contributed by atoms with Crippen LogP contribution >= 0.6 is 11.6 Å². The van der Waals surface area contributed by atoms with Gasteiger partial charge in [-0.25, -0.2) is 9.69 Å². The molecule has 0 unspecified atom stereocenters. The molecule has 3 amide bonds. The van der Waals surface area contributed by atoms with E-state index in [1.54, 1.807) is 29.2 Å². The summed E-state index contributed by atoms with van der Waals surface area (Å²) in [5.41, 5.74) is 0.818. The maximum Gasteiger partial charge on any atom is 0.338 e. The van der Waals surface area contributed by atoms with E-state index in [-0.39, 0.29) is 29.2 Å². The van der Waals surface area contributed by atoms with E-state index < -0.39 is 17.8 Å². The maximum absolute atomic E-state index is 12.8. The highest BCUT2D eigenvalue weighted by molar-refractivity contribution is 6.35. The monoisotopic (exact) mass is 412 g/mol. The molecule has 0 saturated carbocycles. The average Bonchev–Trinajstić information content (AvgIpc) is 3.35. The van der Waals surface area contributed by atoms with Gasteiger partial charge in [0.05, 0.1) is 22.4 Å². The van der Waals surface area contributed by atoms with Crippen LogP contribution in [-0.2, 0) is 9.53 Å². The van der Waals surface area contributed by atoms with Crippen LogP contribution < -0.4 is 4.90 Å². The van der Waals surface area contributed by atoms with Crippen molar-refractivity contribution in [2.45, 2.75) is 12.8 Å². The normalized spacial score (nSPS) is 15.6. The van der Waals surface area contributed by atoms with Gasteiger partial charge in [0.25, 0.3) is 17.7 Å². The van der Waals surface area contributed by atoms with Crippen LogP contribution in [0.1, 0.15) is 43.9 Å². The topological polar surface area (TPSA) is 84.0 Å². The van der Waals surface area contributed by atoms with Gasteiger partial charge >= 0.3 is 5.97 Å². The van der Waals surface area contributed by atoms with E-state index in [4.69, 9.17) is 16.3 Å². The van der Waals surface area contributed by atoms with Crippen LogP contribution in [0.5, 0.6) is 0 Å². The Morgan fingerprint density at radius 3 is 2.28 bits per heavy atom. The molecule has 2 aliphatic heterocycles. The number of imide groups is 1. The van der Waals surface area contributed by atoms with Crippen molar-refractivity contribution in [2.24, 2.45) is 0 Å². The number of amides is 3. The number of rotatable bonds is 4. The van der Waals surface area contributed by atoms with Crippen molar-refractivity contribution < 1.29 is 23.9 Å². The van der Waals surface area contributed by atoms with E-state index in [0.717, 1.165) is 17.7 Å². The van der Waals surface area contributed by atoms with Crippen molar-refractivity contribution in [1.29, 1.82) is 0 Å². The van der Waals surface area contributed by atoms with Gasteiger partial charge < -0.3 is 9.64 Å². The molecule has 0 N–H and O–H groups in total. The van der Waals surface area contributed by atoms with Crippen LogP contribution in [0.3, 0.4) is 0 Å². The summed E-state index contributed by atoms with van der Waals surface area (Å²) in [6.45, 7) is 0.998. The third-order valence-electron chi connectivity index (χ3n) is 4.99. The summed E-state index contributed by atoms with van der Waals surface area (Å²) in [7, 11) is 0. The van der Waals surface area contributed by atoms with E-state index in [0.29, 0.717) is 23.8 Å². The molecule has 148 valence electrons. The van der Waals surface area contributed by atoms with E-state index in [2.05, 4.69) is 0 Å². The molecule has 7 nitrogen and oxygen atoms in total. The van der Waals surface area contributed by atoms with Crippen molar-refractivity contribution >= 4 is 41.0 Å². The summed E-state index contributed by atoms with van der Waals surface area (Å²) < 4.78 is 5.09. The van der Waals surface area contributed by atoms with Gasteiger partial charge in [-0.1, -0.05) is 11.6 Å². The van der Waals surface area contributed by atoms with Crippen LogP contribution in [0.25, 0.3) is 0 Å². The van der Waals surface area contributed by atoms with E-state index in [1.165, 1.54) is 18.2 Å². The highest BCUT2D eigenvalue weighted by Gasteiger charge is 2.37. The highest BCUT2D eigenvalue weighted by atomic mass is 35.5. The largest absolute Gasteiger partial charge is 0.452 e. The zero-order valence-corrected chi connectivity index (χ0v) is 16.1. The number of nitrogens with zero attached hydrogens (tertiary/aromatic N) is 2. The fourth-order valence-electron chi connectivity index (χ4n) is 3.46. The highest BCUT2D eigenvalue weighted by Crippen LogP contribution is 2.30. The van der Waals surface area contributed by atoms with Gasteiger partial charge in [-0.15, -0.1) is 0 Å². The van der Waals surface area contributed by atoms with Gasteiger partial charge in [-0.2, -0.15) is 0 Å². The number of hydrogen-bond donors (Lipinski definition) is 0. The van der Waals surface area contributed by atoms with E-state index >= 15 is 0 Å². The molecule has 0 aromatic heterocycles. The first-order valence-electron chi connectivity index (χ1n) is 9.19. The number of halogens is 1. The molecule has 4 rings (SSSR count). The predicted molar refractivity (Wildman–Crippen MR) is 105 cm³/mol. The number of anilines is 1. The molecule has 2 heterocycles. The van der Waals surface area contributed by atoms with Crippen molar-refractivity contribution in [1.82, 2.24) is 4.90 Å². The number of carbonyl (C=O) groups excluding carboxylic acids is 4. The smallest absolute Gasteiger partial charge is 0.338 e. The Morgan fingerprint density at radius 2 is 1.59 bits per heavy atom. The first-order valence-corrected chi connectivity index (χ1v) is 9.57. The lowest BCUT2D eigenvalue weighted by molar-refractivity contribution is -0.133. The molecule has 29 heavy (non-hydrogen) atoms. The molecule has 0 radical (unpaired) electrons. The second-order valence-corrected chi connectivity index (χ2v) is 7.28. The Kier molecular flexibility index (Phi) is 5.07. The molecular weight excluding hydrogens is 396 g/mol. The summed E-state index contributed by atoms with van der Waals surface area (Å²) in [4.78, 5) is 52.4. The maximum atomic E-state index is 12.8. The minimum atomic E-state index is -0.717. The molecule has 2 aliphatic rings. The Balaban J connectivity index is 1.50. The Bertz CT molecular complexity index is 1010. The zero-order chi connectivity index (χ0) is 20.5. The lowest BCUT2D eigenvalue weighted by Gasteiger charge is -2.15. The number of carbonyl (C=O) groups is 4. The number of ether oxygens (including phenoxy) is 1. The first kappa shape index (κ1) is 19.1.